The monoisotopic (exact) mass is 896 g/mol. The average Bonchev–Trinajstić information content (AvgIpc) is 3.43. The summed E-state index contributed by atoms with van der Waals surface area (Å²) in [6.07, 6.45) is 9.32. The van der Waals surface area contributed by atoms with Crippen LogP contribution in [0.1, 0.15) is 126 Å². The Kier molecular flexibility index (Phi) is 11.1. The zero-order chi connectivity index (χ0) is 44.7. The molecule has 64 heavy (non-hydrogen) atoms. The molecule has 11 heterocycles. The first-order chi connectivity index (χ1) is 30.4. The molecule has 23 atom stereocenters. The molecule has 9 saturated heterocycles. The fraction of sp³-hybridized carbons (Fsp3) is 0.860. The summed E-state index contributed by atoms with van der Waals surface area (Å²) < 4.78 is 75.7. The third-order valence-electron chi connectivity index (χ3n) is 17.9. The number of hydrogen-bond donors (Lipinski definition) is 2. The molecular weight excluding hydrogens is 825 g/mol. The van der Waals surface area contributed by atoms with Crippen LogP contribution in [0.3, 0.4) is 0 Å². The van der Waals surface area contributed by atoms with Crippen molar-refractivity contribution < 1.29 is 67.1 Å². The summed E-state index contributed by atoms with van der Waals surface area (Å²) in [5.74, 6) is -0.141. The molecular formula is C50H72O14. The second-order valence-electron chi connectivity index (χ2n) is 22.8. The van der Waals surface area contributed by atoms with Gasteiger partial charge in [-0.15, -0.1) is 0 Å². The maximum atomic E-state index is 12.3. The lowest BCUT2D eigenvalue weighted by Crippen LogP contribution is -2.70. The van der Waals surface area contributed by atoms with Gasteiger partial charge in [0, 0.05) is 51.0 Å². The molecule has 0 aromatic rings. The number of carbonyl (C=O) groups is 1. The van der Waals surface area contributed by atoms with Crippen molar-refractivity contribution in [2.45, 2.75) is 257 Å². The molecule has 0 radical (unpaired) electrons. The van der Waals surface area contributed by atoms with Gasteiger partial charge in [0.15, 0.2) is 0 Å². The highest BCUT2D eigenvalue weighted by Gasteiger charge is 2.64. The molecule has 0 amide bonds. The lowest BCUT2D eigenvalue weighted by atomic mass is 9.72. The molecule has 0 aromatic carbocycles. The lowest BCUT2D eigenvalue weighted by Gasteiger charge is -2.60. The number of ether oxygens (including phenoxy) is 11. The Balaban J connectivity index is 0.776. The van der Waals surface area contributed by atoms with Crippen molar-refractivity contribution in [2.24, 2.45) is 5.92 Å². The number of aliphatic hydroxyl groups is 2. The Morgan fingerprint density at radius 1 is 0.719 bits per heavy atom. The van der Waals surface area contributed by atoms with Crippen LogP contribution in [0.15, 0.2) is 36.0 Å². The van der Waals surface area contributed by atoms with Crippen molar-refractivity contribution in [2.75, 3.05) is 6.61 Å². The molecule has 2 N–H and O–H groups in total. The Morgan fingerprint density at radius 3 is 2.30 bits per heavy atom. The van der Waals surface area contributed by atoms with Gasteiger partial charge in [0.05, 0.1) is 114 Å². The van der Waals surface area contributed by atoms with Crippen LogP contribution in [0.5, 0.6) is 0 Å². The van der Waals surface area contributed by atoms with E-state index in [1.54, 1.807) is 6.08 Å². The molecule has 0 saturated carbocycles. The highest BCUT2D eigenvalue weighted by atomic mass is 16.7. The van der Waals surface area contributed by atoms with Crippen LogP contribution in [0.2, 0.25) is 0 Å². The van der Waals surface area contributed by atoms with Crippen LogP contribution < -0.4 is 0 Å². The number of rotatable bonds is 3. The number of carbonyl (C=O) groups excluding carboxylic acids is 1. The average molecular weight is 897 g/mol. The summed E-state index contributed by atoms with van der Waals surface area (Å²) in [7, 11) is 0. The number of hydrogen-bond acceptors (Lipinski definition) is 14. The van der Waals surface area contributed by atoms with Crippen LogP contribution in [0, 0.1) is 5.92 Å². The smallest absolute Gasteiger partial charge is 0.331 e. The molecule has 11 aliphatic heterocycles. The van der Waals surface area contributed by atoms with E-state index in [0.717, 1.165) is 24.8 Å². The van der Waals surface area contributed by atoms with Gasteiger partial charge in [-0.05, 0) is 90.7 Å². The summed E-state index contributed by atoms with van der Waals surface area (Å²) in [5.41, 5.74) is -1.68. The van der Waals surface area contributed by atoms with E-state index in [1.165, 1.54) is 0 Å². The van der Waals surface area contributed by atoms with Gasteiger partial charge >= 0.3 is 5.97 Å². The quantitative estimate of drug-likeness (QED) is 0.279. The Hall–Kier alpha value is -1.79. The van der Waals surface area contributed by atoms with E-state index in [2.05, 4.69) is 53.3 Å². The van der Waals surface area contributed by atoms with E-state index in [0.29, 0.717) is 63.4 Å². The van der Waals surface area contributed by atoms with E-state index in [9.17, 15) is 15.0 Å². The first kappa shape index (κ1) is 44.7. The summed E-state index contributed by atoms with van der Waals surface area (Å²) >= 11 is 0. The van der Waals surface area contributed by atoms with Crippen LogP contribution in [-0.2, 0) is 56.9 Å². The maximum Gasteiger partial charge on any atom is 0.331 e. The van der Waals surface area contributed by atoms with Crippen LogP contribution in [0.25, 0.3) is 0 Å². The largest absolute Gasteiger partial charge is 0.456 e. The van der Waals surface area contributed by atoms with Gasteiger partial charge in [-0.1, -0.05) is 25.7 Å². The highest BCUT2D eigenvalue weighted by molar-refractivity contribution is 5.84. The lowest BCUT2D eigenvalue weighted by molar-refractivity contribution is -0.356. The van der Waals surface area contributed by atoms with Crippen molar-refractivity contribution in [3.63, 3.8) is 0 Å². The second-order valence-corrected chi connectivity index (χ2v) is 22.8. The molecule has 14 heteroatoms. The maximum absolute atomic E-state index is 12.3. The van der Waals surface area contributed by atoms with Gasteiger partial charge in [-0.3, -0.25) is 0 Å². The van der Waals surface area contributed by atoms with E-state index in [1.807, 2.05) is 13.8 Å². The second kappa shape index (κ2) is 15.9. The first-order valence-electron chi connectivity index (χ1n) is 24.5. The van der Waals surface area contributed by atoms with Crippen molar-refractivity contribution in [1.29, 1.82) is 0 Å². The molecule has 0 bridgehead atoms. The minimum Gasteiger partial charge on any atom is -0.456 e. The molecule has 11 rings (SSSR count). The molecule has 0 unspecified atom stereocenters. The molecule has 0 spiro atoms. The van der Waals surface area contributed by atoms with Crippen molar-refractivity contribution in [1.82, 2.24) is 0 Å². The molecule has 11 aliphatic rings. The Morgan fingerprint density at radius 2 is 1.48 bits per heavy atom. The zero-order valence-electron chi connectivity index (χ0n) is 38.8. The predicted molar refractivity (Wildman–Crippen MR) is 229 cm³/mol. The number of aliphatic hydroxyl groups excluding tert-OH is 2. The van der Waals surface area contributed by atoms with E-state index in [4.69, 9.17) is 52.1 Å². The van der Waals surface area contributed by atoms with Gasteiger partial charge in [0.1, 0.15) is 23.9 Å². The van der Waals surface area contributed by atoms with Crippen molar-refractivity contribution >= 4 is 5.97 Å². The zero-order valence-corrected chi connectivity index (χ0v) is 38.8. The molecule has 356 valence electrons. The van der Waals surface area contributed by atoms with E-state index < -0.39 is 34.1 Å². The van der Waals surface area contributed by atoms with Gasteiger partial charge in [0.25, 0.3) is 0 Å². The SMILES string of the molecule is C=C(CO)C[C@@H]1C[C@H](O)[C@]2(C)O[C@@H]3C[C@@H]4O[C@@H]5C[C@]6(C)O[C@]7(C)CC[C@@H]8O[C@@H]9C[C@]%10(C)O[C@@H]%11C(C)=CC(=O)O[C@H]%11C[C@H]%10O[C@H]9C[C@@H](C)[C@H]8O[C@H]7C[C@H]6O[C@@]5(C)CC=C[C@H]4O[C@H]3C[C@H]2O1. The van der Waals surface area contributed by atoms with E-state index >= 15 is 0 Å². The van der Waals surface area contributed by atoms with Crippen LogP contribution >= 0.6 is 0 Å². The third-order valence-corrected chi connectivity index (χ3v) is 17.9. The normalized spacial score (nSPS) is 56.5. The summed E-state index contributed by atoms with van der Waals surface area (Å²) in [5, 5.41) is 21.0. The summed E-state index contributed by atoms with van der Waals surface area (Å²) in [6, 6.07) is 0. The number of fused-ring (bicyclic) bond motifs is 10. The first-order valence-corrected chi connectivity index (χ1v) is 24.5. The molecule has 14 nitrogen and oxygen atoms in total. The van der Waals surface area contributed by atoms with Crippen LogP contribution in [-0.4, -0.2) is 155 Å². The molecule has 9 fully saturated rings. The van der Waals surface area contributed by atoms with Gasteiger partial charge < -0.3 is 62.3 Å². The topological polar surface area (TPSA) is 159 Å². The molecule has 0 aromatic heterocycles. The third kappa shape index (κ3) is 7.46. The summed E-state index contributed by atoms with van der Waals surface area (Å²) in [4.78, 5) is 12.3. The van der Waals surface area contributed by atoms with Crippen molar-refractivity contribution in [3.05, 3.63) is 36.0 Å². The van der Waals surface area contributed by atoms with Gasteiger partial charge in [-0.25, -0.2) is 4.79 Å². The van der Waals surface area contributed by atoms with Gasteiger partial charge in [-0.2, -0.15) is 0 Å². The molecule has 0 aliphatic carbocycles. The highest BCUT2D eigenvalue weighted by Crippen LogP contribution is 2.55. The standard InChI is InChI=1S/C50H72O14/c1-25(24-51)14-28-17-37(52)50(8)41(54-28)19-33-34(61-50)18-32-29(55-33)10-9-12-46(4)42(58-32)23-49(7)40(62-46)21-39-47(5,64-49)13-11-30-44(60-39)26(2)15-31-36(56-30)22-48(6)38(57-31)20-35-45(63-48)27(3)16-43(53)59-35/h9-10,16,26,28-42,44-45,51-52H,1,11-15,17-24H2,2-8H3/t26-,28-,29-,30+,31+,32+,33+,34-,35+,36-,37+,38-,39+,40-,41-,42-,44-,45-,46+,47-,48+,49+,50+/m1/s1. The van der Waals surface area contributed by atoms with E-state index in [-0.39, 0.29) is 116 Å². The fourth-order valence-electron chi connectivity index (χ4n) is 14.0. The Bertz CT molecular complexity index is 1910. The minimum atomic E-state index is -0.886. The predicted octanol–water partition coefficient (Wildman–Crippen LogP) is 5.27. The fourth-order valence-corrected chi connectivity index (χ4v) is 14.0. The Labute approximate surface area is 377 Å². The number of esters is 1. The summed E-state index contributed by atoms with van der Waals surface area (Å²) in [6.45, 7) is 18.7. The van der Waals surface area contributed by atoms with Gasteiger partial charge in [0.2, 0.25) is 0 Å². The minimum absolute atomic E-state index is 0.101. The van der Waals surface area contributed by atoms with Crippen molar-refractivity contribution in [3.8, 4) is 0 Å². The van der Waals surface area contributed by atoms with Crippen LogP contribution in [0.4, 0.5) is 0 Å².